The van der Waals surface area contributed by atoms with Gasteiger partial charge in [-0.3, -0.25) is 4.57 Å². The van der Waals surface area contributed by atoms with Crippen LogP contribution in [-0.4, -0.2) is 23.3 Å². The van der Waals surface area contributed by atoms with Gasteiger partial charge in [-0.05, 0) is 41.3 Å². The van der Waals surface area contributed by atoms with Crippen LogP contribution in [0.5, 0.6) is 11.5 Å². The maximum atomic E-state index is 13.3. The molecule has 0 atom stereocenters. The summed E-state index contributed by atoms with van der Waals surface area (Å²) < 4.78 is 26.0. The van der Waals surface area contributed by atoms with Crippen LogP contribution in [0.1, 0.15) is 26.3 Å². The average molecular weight is 463 g/mol. The first kappa shape index (κ1) is 23.2. The Bertz CT molecular complexity index is 1130. The number of halogens is 2. The Labute approximate surface area is 190 Å². The van der Waals surface area contributed by atoms with E-state index in [1.54, 1.807) is 49.7 Å². The molecule has 164 valence electrons. The van der Waals surface area contributed by atoms with Gasteiger partial charge in [0.25, 0.3) is 0 Å². The molecule has 8 heteroatoms. The first-order chi connectivity index (χ1) is 14.7. The number of ether oxygens (including phenoxy) is 2. The van der Waals surface area contributed by atoms with E-state index >= 15 is 0 Å². The predicted octanol–water partition coefficient (Wildman–Crippen LogP) is 5.75. The molecule has 0 fully saturated rings. The highest BCUT2D eigenvalue weighted by Crippen LogP contribution is 2.31. The van der Waals surface area contributed by atoms with Crippen LogP contribution < -0.4 is 15.2 Å². The summed E-state index contributed by atoms with van der Waals surface area (Å²) in [7, 11) is 1.56. The topological polar surface area (TPSA) is 53.4 Å². The second-order valence-electron chi connectivity index (χ2n) is 8.14. The van der Waals surface area contributed by atoms with Crippen LogP contribution in [0.25, 0.3) is 5.69 Å². The lowest BCUT2D eigenvalue weighted by atomic mass is 9.99. The van der Waals surface area contributed by atoms with Crippen LogP contribution in [-0.2, 0) is 5.75 Å². The van der Waals surface area contributed by atoms with E-state index < -0.39 is 11.5 Å². The third-order valence-corrected chi connectivity index (χ3v) is 5.53. The van der Waals surface area contributed by atoms with E-state index in [9.17, 15) is 9.18 Å². The summed E-state index contributed by atoms with van der Waals surface area (Å²) in [5.74, 6) is 1.22. The van der Waals surface area contributed by atoms with Crippen LogP contribution in [0.3, 0.4) is 0 Å². The molecule has 0 N–H and O–H groups in total. The van der Waals surface area contributed by atoms with Crippen molar-refractivity contribution in [3.8, 4) is 17.2 Å². The van der Waals surface area contributed by atoms with Crippen molar-refractivity contribution in [3.05, 3.63) is 75.5 Å². The minimum Gasteiger partial charge on any atom is -0.493 e. The summed E-state index contributed by atoms with van der Waals surface area (Å²) in [6, 6.07) is 11.6. The third kappa shape index (κ3) is 6.24. The normalized spacial score (nSPS) is 11.4. The largest absolute Gasteiger partial charge is 0.493 e. The maximum Gasteiger partial charge on any atom is 0.353 e. The number of aromatic nitrogens is 2. The smallest absolute Gasteiger partial charge is 0.353 e. The van der Waals surface area contributed by atoms with Crippen LogP contribution in [0.2, 0.25) is 5.02 Å². The molecule has 1 aromatic heterocycles. The van der Waals surface area contributed by atoms with Crippen LogP contribution >= 0.6 is 23.4 Å². The minimum absolute atomic E-state index is 0.0112. The first-order valence-electron chi connectivity index (χ1n) is 9.64. The third-order valence-electron chi connectivity index (χ3n) is 4.23. The number of methoxy groups -OCH3 is 1. The molecule has 0 saturated carbocycles. The molecule has 0 aliphatic rings. The molecule has 0 bridgehead atoms. The highest BCUT2D eigenvalue weighted by Gasteiger charge is 2.14. The van der Waals surface area contributed by atoms with E-state index in [1.165, 1.54) is 22.4 Å². The standard InChI is InChI=1S/C23H24ClFN2O3S/c1-23(2,3)14-30-19-8-6-16(12-20(19)29-4)27-10-9-21(26-22(27)28)31-13-15-5-7-18(25)17(24)11-15/h5-12H,13-14H2,1-4H3. The quantitative estimate of drug-likeness (QED) is 0.330. The molecule has 3 aromatic rings. The highest BCUT2D eigenvalue weighted by atomic mass is 35.5. The number of nitrogens with zero attached hydrogens (tertiary/aromatic N) is 2. The molecule has 2 aromatic carbocycles. The lowest BCUT2D eigenvalue weighted by molar-refractivity contribution is 0.191. The van der Waals surface area contributed by atoms with E-state index in [0.717, 1.165) is 5.56 Å². The zero-order valence-corrected chi connectivity index (χ0v) is 19.4. The second-order valence-corrected chi connectivity index (χ2v) is 9.54. The van der Waals surface area contributed by atoms with Gasteiger partial charge >= 0.3 is 5.69 Å². The van der Waals surface area contributed by atoms with Crippen LogP contribution in [0, 0.1) is 11.2 Å². The van der Waals surface area contributed by atoms with Crippen molar-refractivity contribution < 1.29 is 13.9 Å². The molecule has 0 unspecified atom stereocenters. The minimum atomic E-state index is -0.457. The van der Waals surface area contributed by atoms with Crippen molar-refractivity contribution in [1.82, 2.24) is 9.55 Å². The predicted molar refractivity (Wildman–Crippen MR) is 122 cm³/mol. The van der Waals surface area contributed by atoms with E-state index in [-0.39, 0.29) is 10.4 Å². The van der Waals surface area contributed by atoms with Crippen molar-refractivity contribution in [3.63, 3.8) is 0 Å². The molecule has 0 saturated heterocycles. The molecular formula is C23H24ClFN2O3S. The number of rotatable bonds is 7. The van der Waals surface area contributed by atoms with Gasteiger partial charge < -0.3 is 9.47 Å². The van der Waals surface area contributed by atoms with Gasteiger partial charge in [-0.2, -0.15) is 4.98 Å². The second kappa shape index (κ2) is 9.75. The Balaban J connectivity index is 1.76. The van der Waals surface area contributed by atoms with E-state index in [1.807, 2.05) is 0 Å². The zero-order valence-electron chi connectivity index (χ0n) is 17.8. The summed E-state index contributed by atoms with van der Waals surface area (Å²) in [4.78, 5) is 16.7. The van der Waals surface area contributed by atoms with Crippen LogP contribution in [0.15, 0.2) is 58.5 Å². The molecular weight excluding hydrogens is 439 g/mol. The lowest BCUT2D eigenvalue weighted by Gasteiger charge is -2.20. The van der Waals surface area contributed by atoms with Gasteiger partial charge in [-0.25, -0.2) is 9.18 Å². The van der Waals surface area contributed by atoms with E-state index in [0.29, 0.717) is 34.6 Å². The van der Waals surface area contributed by atoms with Gasteiger partial charge in [0.05, 0.1) is 24.4 Å². The van der Waals surface area contributed by atoms with E-state index in [4.69, 9.17) is 21.1 Å². The Morgan fingerprint density at radius 3 is 2.55 bits per heavy atom. The van der Waals surface area contributed by atoms with Gasteiger partial charge in [-0.1, -0.05) is 38.4 Å². The fourth-order valence-electron chi connectivity index (χ4n) is 2.67. The number of hydrogen-bond donors (Lipinski definition) is 0. The first-order valence-corrected chi connectivity index (χ1v) is 11.0. The molecule has 0 radical (unpaired) electrons. The average Bonchev–Trinajstić information content (AvgIpc) is 2.72. The van der Waals surface area contributed by atoms with Gasteiger partial charge in [0.1, 0.15) is 10.8 Å². The number of thioether (sulfide) groups is 1. The summed E-state index contributed by atoms with van der Waals surface area (Å²) in [5, 5.41) is 0.643. The summed E-state index contributed by atoms with van der Waals surface area (Å²) in [5.41, 5.74) is 1.07. The van der Waals surface area contributed by atoms with Crippen LogP contribution in [0.4, 0.5) is 4.39 Å². The Morgan fingerprint density at radius 2 is 1.90 bits per heavy atom. The maximum absolute atomic E-state index is 13.3. The zero-order chi connectivity index (χ0) is 22.6. The number of benzene rings is 2. The van der Waals surface area contributed by atoms with Gasteiger partial charge in [-0.15, -0.1) is 11.8 Å². The SMILES string of the molecule is COc1cc(-n2ccc(SCc3ccc(F)c(Cl)c3)nc2=O)ccc1OCC(C)(C)C. The summed E-state index contributed by atoms with van der Waals surface area (Å²) >= 11 is 7.19. The van der Waals surface area contributed by atoms with Crippen molar-refractivity contribution in [1.29, 1.82) is 0 Å². The van der Waals surface area contributed by atoms with Gasteiger partial charge in [0, 0.05) is 18.0 Å². The fourth-order valence-corrected chi connectivity index (χ4v) is 3.67. The molecule has 1 heterocycles. The Hall–Kier alpha value is -2.51. The lowest BCUT2D eigenvalue weighted by Crippen LogP contribution is -2.21. The van der Waals surface area contributed by atoms with Crippen molar-refractivity contribution in [2.45, 2.75) is 31.6 Å². The van der Waals surface area contributed by atoms with Crippen molar-refractivity contribution in [2.75, 3.05) is 13.7 Å². The molecule has 31 heavy (non-hydrogen) atoms. The Kier molecular flexibility index (Phi) is 7.28. The monoisotopic (exact) mass is 462 g/mol. The van der Waals surface area contributed by atoms with E-state index in [2.05, 4.69) is 25.8 Å². The van der Waals surface area contributed by atoms with Gasteiger partial charge in [0.15, 0.2) is 11.5 Å². The summed E-state index contributed by atoms with van der Waals surface area (Å²) in [6.07, 6.45) is 1.67. The molecule has 5 nitrogen and oxygen atoms in total. The highest BCUT2D eigenvalue weighted by molar-refractivity contribution is 7.98. The summed E-state index contributed by atoms with van der Waals surface area (Å²) in [6.45, 7) is 6.80. The Morgan fingerprint density at radius 1 is 1.13 bits per heavy atom. The van der Waals surface area contributed by atoms with Gasteiger partial charge in [0.2, 0.25) is 0 Å². The molecule has 0 spiro atoms. The molecule has 0 amide bonds. The molecule has 0 aliphatic heterocycles. The molecule has 3 rings (SSSR count). The fraction of sp³-hybridized carbons (Fsp3) is 0.304. The van der Waals surface area contributed by atoms with Crippen molar-refractivity contribution >= 4 is 23.4 Å². The number of hydrogen-bond acceptors (Lipinski definition) is 5. The molecule has 0 aliphatic carbocycles. The van der Waals surface area contributed by atoms with Crippen molar-refractivity contribution in [2.24, 2.45) is 5.41 Å².